The molecule has 29 heavy (non-hydrogen) atoms. The second-order valence-electron chi connectivity index (χ2n) is 6.86. The van der Waals surface area contributed by atoms with Crippen LogP contribution in [0.2, 0.25) is 0 Å². The van der Waals surface area contributed by atoms with Crippen LogP contribution in [0, 0.1) is 0 Å². The van der Waals surface area contributed by atoms with Crippen molar-refractivity contribution in [1.29, 1.82) is 0 Å². The molecule has 0 heterocycles. The van der Waals surface area contributed by atoms with Crippen LogP contribution in [0.25, 0.3) is 0 Å². The van der Waals surface area contributed by atoms with Crippen molar-refractivity contribution in [1.82, 2.24) is 4.72 Å². The van der Waals surface area contributed by atoms with E-state index in [9.17, 15) is 13.2 Å². The molecule has 156 valence electrons. The van der Waals surface area contributed by atoms with E-state index < -0.39 is 21.5 Å². The molecular formula is C21H25NO6S. The first-order valence-electron chi connectivity index (χ1n) is 9.52. The Labute approximate surface area is 171 Å². The molecule has 2 aromatic rings. The van der Waals surface area contributed by atoms with Crippen molar-refractivity contribution in [2.24, 2.45) is 0 Å². The lowest BCUT2D eigenvalue weighted by Crippen LogP contribution is -2.52. The Hall–Kier alpha value is -2.58. The highest BCUT2D eigenvalue weighted by Crippen LogP contribution is 2.33. The third-order valence-corrected chi connectivity index (χ3v) is 6.42. The second-order valence-corrected chi connectivity index (χ2v) is 8.55. The van der Waals surface area contributed by atoms with E-state index in [4.69, 9.17) is 14.2 Å². The van der Waals surface area contributed by atoms with Crippen molar-refractivity contribution in [3.8, 4) is 17.2 Å². The molecule has 0 radical (unpaired) electrons. The number of hydrogen-bond acceptors (Lipinski definition) is 6. The molecule has 0 amide bonds. The summed E-state index contributed by atoms with van der Waals surface area (Å²) < 4.78 is 44.1. The smallest absolute Gasteiger partial charge is 0.327 e. The number of hydrogen-bond donors (Lipinski definition) is 1. The van der Waals surface area contributed by atoms with Gasteiger partial charge in [0.05, 0.1) is 18.6 Å². The number of sulfonamides is 1. The van der Waals surface area contributed by atoms with Crippen LogP contribution in [0.3, 0.4) is 0 Å². The number of methoxy groups -OCH3 is 1. The lowest BCUT2D eigenvalue weighted by atomic mass is 10.00. The Morgan fingerprint density at radius 3 is 2.00 bits per heavy atom. The zero-order valence-corrected chi connectivity index (χ0v) is 17.3. The Balaban J connectivity index is 1.72. The lowest BCUT2D eigenvalue weighted by molar-refractivity contribution is -0.147. The van der Waals surface area contributed by atoms with Gasteiger partial charge in [0.15, 0.2) is 0 Å². The molecule has 0 bridgehead atoms. The van der Waals surface area contributed by atoms with Crippen molar-refractivity contribution < 1.29 is 27.4 Å². The minimum absolute atomic E-state index is 0.0618. The van der Waals surface area contributed by atoms with Gasteiger partial charge < -0.3 is 14.2 Å². The Morgan fingerprint density at radius 1 is 0.966 bits per heavy atom. The predicted octanol–water partition coefficient (Wildman–Crippen LogP) is 3.64. The summed E-state index contributed by atoms with van der Waals surface area (Å²) in [6.45, 7) is 2.50. The molecule has 1 saturated carbocycles. The van der Waals surface area contributed by atoms with Gasteiger partial charge in [0, 0.05) is 0 Å². The molecule has 3 rings (SSSR count). The lowest BCUT2D eigenvalue weighted by Gasteiger charge is -2.26. The van der Waals surface area contributed by atoms with Gasteiger partial charge in [-0.1, -0.05) is 12.8 Å². The summed E-state index contributed by atoms with van der Waals surface area (Å²) in [6.07, 6.45) is 2.40. The summed E-state index contributed by atoms with van der Waals surface area (Å²) in [5.41, 5.74) is -1.19. The number of carbonyl (C=O) groups excluding carboxylic acids is 1. The zero-order valence-electron chi connectivity index (χ0n) is 16.5. The average molecular weight is 419 g/mol. The van der Waals surface area contributed by atoms with Gasteiger partial charge in [-0.25, -0.2) is 8.42 Å². The third-order valence-electron chi connectivity index (χ3n) is 4.87. The Kier molecular flexibility index (Phi) is 6.44. The van der Waals surface area contributed by atoms with Crippen molar-refractivity contribution in [3.05, 3.63) is 48.5 Å². The van der Waals surface area contributed by atoms with E-state index in [0.717, 1.165) is 18.6 Å². The molecule has 0 unspecified atom stereocenters. The maximum absolute atomic E-state index is 12.8. The Morgan fingerprint density at radius 2 is 1.48 bits per heavy atom. The first-order chi connectivity index (χ1) is 13.9. The molecule has 1 fully saturated rings. The van der Waals surface area contributed by atoms with Crippen LogP contribution < -0.4 is 14.2 Å². The van der Waals surface area contributed by atoms with Crippen LogP contribution in [0.4, 0.5) is 0 Å². The molecule has 1 aliphatic rings. The second kappa shape index (κ2) is 8.84. The highest BCUT2D eigenvalue weighted by atomic mass is 32.2. The number of carbonyl (C=O) groups is 1. The van der Waals surface area contributed by atoms with Gasteiger partial charge in [0.2, 0.25) is 10.0 Å². The van der Waals surface area contributed by atoms with E-state index in [0.29, 0.717) is 30.9 Å². The summed E-state index contributed by atoms with van der Waals surface area (Å²) in [7, 11) is -2.61. The summed E-state index contributed by atoms with van der Waals surface area (Å²) in [5.74, 6) is 1.31. The quantitative estimate of drug-likeness (QED) is 0.657. The average Bonchev–Trinajstić information content (AvgIpc) is 3.18. The SMILES string of the molecule is CCOc1ccc(Oc2ccc(S(=O)(=O)NC3(C(=O)OC)CCCC3)cc2)cc1. The molecule has 1 aliphatic carbocycles. The van der Waals surface area contributed by atoms with E-state index in [1.54, 1.807) is 36.4 Å². The fourth-order valence-electron chi connectivity index (χ4n) is 3.43. The highest BCUT2D eigenvalue weighted by molar-refractivity contribution is 7.89. The fraction of sp³-hybridized carbons (Fsp3) is 0.381. The third kappa shape index (κ3) is 4.89. The minimum atomic E-state index is -3.88. The number of nitrogens with one attached hydrogen (secondary N) is 1. The van der Waals surface area contributed by atoms with Crippen molar-refractivity contribution in [2.75, 3.05) is 13.7 Å². The van der Waals surface area contributed by atoms with E-state index in [-0.39, 0.29) is 4.90 Å². The highest BCUT2D eigenvalue weighted by Gasteiger charge is 2.45. The van der Waals surface area contributed by atoms with E-state index in [1.165, 1.54) is 19.2 Å². The van der Waals surface area contributed by atoms with Gasteiger partial charge in [-0.15, -0.1) is 0 Å². The molecule has 8 heteroatoms. The van der Waals surface area contributed by atoms with E-state index in [2.05, 4.69) is 4.72 Å². The molecule has 7 nitrogen and oxygen atoms in total. The van der Waals surface area contributed by atoms with Crippen molar-refractivity contribution in [3.63, 3.8) is 0 Å². The van der Waals surface area contributed by atoms with Crippen LogP contribution in [0.5, 0.6) is 17.2 Å². The summed E-state index contributed by atoms with van der Waals surface area (Å²) >= 11 is 0. The largest absolute Gasteiger partial charge is 0.494 e. The molecule has 2 aromatic carbocycles. The van der Waals surface area contributed by atoms with Gasteiger partial charge in [-0.2, -0.15) is 4.72 Å². The zero-order chi connectivity index (χ0) is 20.9. The van der Waals surface area contributed by atoms with Gasteiger partial charge in [0.1, 0.15) is 22.8 Å². The molecule has 1 N–H and O–H groups in total. The van der Waals surface area contributed by atoms with Crippen LogP contribution in [0.1, 0.15) is 32.6 Å². The first kappa shape index (κ1) is 21.1. The summed E-state index contributed by atoms with van der Waals surface area (Å²) in [4.78, 5) is 12.3. The minimum Gasteiger partial charge on any atom is -0.494 e. The standard InChI is InChI=1S/C21H25NO6S/c1-3-27-16-6-8-17(9-7-16)28-18-10-12-19(13-11-18)29(24,25)22-21(20(23)26-2)14-4-5-15-21/h6-13,22H,3-5,14-15H2,1-2H3. The van der Waals surface area contributed by atoms with E-state index in [1.807, 2.05) is 6.92 Å². The summed E-state index contributed by atoms with van der Waals surface area (Å²) in [6, 6.07) is 13.2. The maximum Gasteiger partial charge on any atom is 0.327 e. The van der Waals surface area contributed by atoms with Crippen LogP contribution >= 0.6 is 0 Å². The van der Waals surface area contributed by atoms with E-state index >= 15 is 0 Å². The van der Waals surface area contributed by atoms with Crippen LogP contribution in [-0.2, 0) is 19.6 Å². The molecule has 0 spiro atoms. The fourth-order valence-corrected chi connectivity index (χ4v) is 4.85. The van der Waals surface area contributed by atoms with Gasteiger partial charge in [0.25, 0.3) is 0 Å². The van der Waals surface area contributed by atoms with Crippen molar-refractivity contribution in [2.45, 2.75) is 43.0 Å². The first-order valence-corrected chi connectivity index (χ1v) is 11.0. The van der Waals surface area contributed by atoms with Gasteiger partial charge in [-0.3, -0.25) is 4.79 Å². The number of benzene rings is 2. The monoisotopic (exact) mass is 419 g/mol. The van der Waals surface area contributed by atoms with Crippen LogP contribution in [0.15, 0.2) is 53.4 Å². The van der Waals surface area contributed by atoms with Gasteiger partial charge in [-0.05, 0) is 68.3 Å². The van der Waals surface area contributed by atoms with Crippen LogP contribution in [-0.4, -0.2) is 33.6 Å². The topological polar surface area (TPSA) is 90.9 Å². The normalized spacial score (nSPS) is 15.7. The molecular weight excluding hydrogens is 394 g/mol. The van der Waals surface area contributed by atoms with Crippen molar-refractivity contribution >= 4 is 16.0 Å². The molecule has 0 aromatic heterocycles. The van der Waals surface area contributed by atoms with Gasteiger partial charge >= 0.3 is 5.97 Å². The number of rotatable bonds is 8. The molecule has 0 saturated heterocycles. The predicted molar refractivity (Wildman–Crippen MR) is 108 cm³/mol. The Bertz CT molecular complexity index is 932. The molecule has 0 aliphatic heterocycles. The summed E-state index contributed by atoms with van der Waals surface area (Å²) in [5, 5.41) is 0. The molecule has 0 atom stereocenters. The maximum atomic E-state index is 12.8. The number of esters is 1. The number of ether oxygens (including phenoxy) is 3.